The molecule has 3 rings (SSSR count). The molecule has 0 saturated heterocycles. The highest BCUT2D eigenvalue weighted by Gasteiger charge is 2.14. The number of ether oxygens (including phenoxy) is 1. The lowest BCUT2D eigenvalue weighted by Gasteiger charge is -2.13. The second-order valence-electron chi connectivity index (χ2n) is 5.15. The number of aromatic nitrogens is 5. The molecule has 8 heteroatoms. The van der Waals surface area contributed by atoms with E-state index in [0.717, 1.165) is 17.5 Å². The summed E-state index contributed by atoms with van der Waals surface area (Å²) in [6, 6.07) is 11.2. The number of nitrogens with zero attached hydrogens (tertiary/aromatic N) is 5. The van der Waals surface area contributed by atoms with Crippen LogP contribution in [0.3, 0.4) is 0 Å². The molecule has 0 saturated carbocycles. The normalized spacial score (nSPS) is 10.8. The molecule has 2 heterocycles. The fourth-order valence-corrected chi connectivity index (χ4v) is 2.73. The first-order valence-corrected chi connectivity index (χ1v) is 8.25. The van der Waals surface area contributed by atoms with Crippen LogP contribution < -0.4 is 10.4 Å². The molecule has 0 aliphatic rings. The second-order valence-corrected chi connectivity index (χ2v) is 5.96. The average molecular weight is 390 g/mol. The predicted molar refractivity (Wildman–Crippen MR) is 92.2 cm³/mol. The molecule has 0 bridgehead atoms. The largest absolute Gasteiger partial charge is 0.473 e. The summed E-state index contributed by atoms with van der Waals surface area (Å²) in [5.41, 5.74) is 2.34. The van der Waals surface area contributed by atoms with Crippen LogP contribution in [0.15, 0.2) is 45.8 Å². The minimum atomic E-state index is -0.301. The molecule has 3 aromatic rings. The maximum Gasteiger partial charge on any atom is 0.368 e. The second kappa shape index (κ2) is 6.96. The van der Waals surface area contributed by atoms with Crippen molar-refractivity contribution in [2.24, 2.45) is 7.05 Å². The van der Waals surface area contributed by atoms with Gasteiger partial charge in [-0.1, -0.05) is 25.1 Å². The number of pyridine rings is 1. The van der Waals surface area contributed by atoms with Crippen LogP contribution in [0.5, 0.6) is 5.88 Å². The number of halogens is 1. The van der Waals surface area contributed by atoms with Gasteiger partial charge in [-0.25, -0.2) is 9.78 Å². The first-order chi connectivity index (χ1) is 11.6. The number of hydrogen-bond donors (Lipinski definition) is 0. The van der Waals surface area contributed by atoms with E-state index in [1.54, 1.807) is 13.1 Å². The van der Waals surface area contributed by atoms with Crippen molar-refractivity contribution in [3.05, 3.63) is 62.6 Å². The predicted octanol–water partition coefficient (Wildman–Crippen LogP) is 2.26. The van der Waals surface area contributed by atoms with Crippen LogP contribution in [0.1, 0.15) is 18.1 Å². The van der Waals surface area contributed by atoms with Gasteiger partial charge in [0, 0.05) is 18.7 Å². The van der Waals surface area contributed by atoms with Gasteiger partial charge in [0.05, 0.1) is 5.69 Å². The van der Waals surface area contributed by atoms with E-state index in [4.69, 9.17) is 4.74 Å². The Kier molecular flexibility index (Phi) is 4.75. The monoisotopic (exact) mass is 389 g/mol. The molecular weight excluding hydrogens is 374 g/mol. The molecule has 0 radical (unpaired) electrons. The lowest BCUT2D eigenvalue weighted by molar-refractivity contribution is 0.291. The number of hydrogen-bond acceptors (Lipinski definition) is 5. The highest BCUT2D eigenvalue weighted by Crippen LogP contribution is 2.21. The van der Waals surface area contributed by atoms with Gasteiger partial charge in [0.25, 0.3) is 0 Å². The van der Waals surface area contributed by atoms with Crippen LogP contribution in [0.4, 0.5) is 0 Å². The Bertz CT molecular complexity index is 919. The zero-order valence-electron chi connectivity index (χ0n) is 13.3. The molecule has 0 aliphatic carbocycles. The number of aryl methyl sites for hydroxylation is 2. The standard InChI is InChI=1S/C16H16BrN5O2/c1-3-11-6-4-7-13(22-16(23)21(2)19-20-22)12(11)10-24-15-9-5-8-14(17)18-15/h4-9H,3,10H2,1-2H3. The third-order valence-electron chi connectivity index (χ3n) is 3.63. The van der Waals surface area contributed by atoms with Crippen LogP contribution in [0, 0.1) is 0 Å². The van der Waals surface area contributed by atoms with Gasteiger partial charge in [-0.05, 0) is 50.5 Å². The number of tetrazole rings is 1. The van der Waals surface area contributed by atoms with Crippen LogP contribution in [0.2, 0.25) is 0 Å². The quantitative estimate of drug-likeness (QED) is 0.625. The first-order valence-electron chi connectivity index (χ1n) is 7.45. The summed E-state index contributed by atoms with van der Waals surface area (Å²) in [4.78, 5) is 16.4. The minimum absolute atomic E-state index is 0.284. The summed E-state index contributed by atoms with van der Waals surface area (Å²) in [5, 5.41) is 7.71. The summed E-state index contributed by atoms with van der Waals surface area (Å²) in [6.45, 7) is 2.34. The average Bonchev–Trinajstić information content (AvgIpc) is 2.92. The maximum absolute atomic E-state index is 12.2. The van der Waals surface area contributed by atoms with Gasteiger partial charge in [-0.3, -0.25) is 0 Å². The van der Waals surface area contributed by atoms with Crippen LogP contribution >= 0.6 is 15.9 Å². The Labute approximate surface area is 147 Å². The fourth-order valence-electron chi connectivity index (χ4n) is 2.40. The Morgan fingerprint density at radius 2 is 1.96 bits per heavy atom. The summed E-state index contributed by atoms with van der Waals surface area (Å²) < 4.78 is 8.99. The van der Waals surface area contributed by atoms with E-state index in [9.17, 15) is 4.79 Å². The van der Waals surface area contributed by atoms with Crippen molar-refractivity contribution < 1.29 is 4.74 Å². The van der Waals surface area contributed by atoms with E-state index in [0.29, 0.717) is 16.2 Å². The van der Waals surface area contributed by atoms with Gasteiger partial charge in [0.1, 0.15) is 11.2 Å². The Hall–Kier alpha value is -2.48. The summed E-state index contributed by atoms with van der Waals surface area (Å²) in [5.74, 6) is 0.507. The summed E-state index contributed by atoms with van der Waals surface area (Å²) in [7, 11) is 1.57. The minimum Gasteiger partial charge on any atom is -0.473 e. The molecule has 7 nitrogen and oxygen atoms in total. The van der Waals surface area contributed by atoms with Crippen molar-refractivity contribution in [2.75, 3.05) is 0 Å². The first kappa shape index (κ1) is 16.4. The molecule has 0 aliphatic heterocycles. The van der Waals surface area contributed by atoms with Crippen molar-refractivity contribution in [1.29, 1.82) is 0 Å². The molecule has 124 valence electrons. The van der Waals surface area contributed by atoms with E-state index in [1.165, 1.54) is 9.36 Å². The van der Waals surface area contributed by atoms with Crippen molar-refractivity contribution >= 4 is 15.9 Å². The molecule has 0 atom stereocenters. The van der Waals surface area contributed by atoms with Crippen molar-refractivity contribution in [3.8, 4) is 11.6 Å². The summed E-state index contributed by atoms with van der Waals surface area (Å²) >= 11 is 3.32. The van der Waals surface area contributed by atoms with Crippen LogP contribution in [0.25, 0.3) is 5.69 Å². The van der Waals surface area contributed by atoms with Crippen LogP contribution in [-0.2, 0) is 20.1 Å². The van der Waals surface area contributed by atoms with Gasteiger partial charge in [-0.2, -0.15) is 9.36 Å². The fraction of sp³-hybridized carbons (Fsp3) is 0.250. The van der Waals surface area contributed by atoms with Gasteiger partial charge >= 0.3 is 5.69 Å². The van der Waals surface area contributed by atoms with E-state index in [2.05, 4.69) is 38.3 Å². The molecule has 0 spiro atoms. The van der Waals surface area contributed by atoms with E-state index in [-0.39, 0.29) is 12.3 Å². The van der Waals surface area contributed by atoms with Crippen molar-refractivity contribution in [3.63, 3.8) is 0 Å². The SMILES string of the molecule is CCc1cccc(-n2nnn(C)c2=O)c1COc1cccc(Br)n1. The van der Waals surface area contributed by atoms with Gasteiger partial charge in [-0.15, -0.1) is 0 Å². The topological polar surface area (TPSA) is 74.8 Å². The van der Waals surface area contributed by atoms with E-state index >= 15 is 0 Å². The molecule has 2 aromatic heterocycles. The smallest absolute Gasteiger partial charge is 0.368 e. The molecule has 1 aromatic carbocycles. The third-order valence-corrected chi connectivity index (χ3v) is 4.07. The third kappa shape index (κ3) is 3.23. The lowest BCUT2D eigenvalue weighted by atomic mass is 10.0. The lowest BCUT2D eigenvalue weighted by Crippen LogP contribution is -2.23. The highest BCUT2D eigenvalue weighted by molar-refractivity contribution is 9.10. The van der Waals surface area contributed by atoms with Crippen LogP contribution in [-0.4, -0.2) is 24.8 Å². The molecular formula is C16H16BrN5O2. The number of rotatable bonds is 5. The van der Waals surface area contributed by atoms with Gasteiger partial charge in [0.2, 0.25) is 5.88 Å². The Morgan fingerprint density at radius 3 is 2.62 bits per heavy atom. The molecule has 0 unspecified atom stereocenters. The van der Waals surface area contributed by atoms with E-state index in [1.807, 2.05) is 30.3 Å². The zero-order valence-corrected chi connectivity index (χ0v) is 14.9. The van der Waals surface area contributed by atoms with Gasteiger partial charge in [0.15, 0.2) is 0 Å². The Morgan fingerprint density at radius 1 is 1.17 bits per heavy atom. The maximum atomic E-state index is 12.2. The van der Waals surface area contributed by atoms with Crippen molar-refractivity contribution in [2.45, 2.75) is 20.0 Å². The molecule has 0 N–H and O–H groups in total. The molecule has 0 fully saturated rings. The molecule has 24 heavy (non-hydrogen) atoms. The summed E-state index contributed by atoms with van der Waals surface area (Å²) in [6.07, 6.45) is 0.813. The van der Waals surface area contributed by atoms with Crippen molar-refractivity contribution in [1.82, 2.24) is 24.8 Å². The number of benzene rings is 1. The van der Waals surface area contributed by atoms with E-state index < -0.39 is 0 Å². The zero-order chi connectivity index (χ0) is 17.1. The van der Waals surface area contributed by atoms with Gasteiger partial charge < -0.3 is 4.74 Å². The Balaban J connectivity index is 1.99. The molecule has 0 amide bonds. The highest BCUT2D eigenvalue weighted by atomic mass is 79.9.